The molecule has 1 aromatic rings. The molecular formula is C10H8FNO4. The van der Waals surface area contributed by atoms with Crippen molar-refractivity contribution in [1.82, 2.24) is 0 Å². The van der Waals surface area contributed by atoms with Gasteiger partial charge >= 0.3 is 5.97 Å². The number of carboxylic acids is 1. The minimum Gasteiger partial charge on any atom is -0.478 e. The van der Waals surface area contributed by atoms with Crippen molar-refractivity contribution in [3.05, 3.63) is 24.0 Å². The molecule has 0 aromatic heterocycles. The fourth-order valence-corrected chi connectivity index (χ4v) is 1.33. The first kappa shape index (κ1) is 10.4. The van der Waals surface area contributed by atoms with E-state index in [1.165, 1.54) is 6.07 Å². The van der Waals surface area contributed by atoms with E-state index in [4.69, 9.17) is 9.84 Å². The predicted octanol–water partition coefficient (Wildman–Crippen LogP) is 1.000. The minimum absolute atomic E-state index is 0.00417. The number of hydrogen-bond donors (Lipinski definition) is 2. The number of halogens is 1. The van der Waals surface area contributed by atoms with Crippen LogP contribution in [0.4, 0.5) is 10.1 Å². The van der Waals surface area contributed by atoms with Crippen molar-refractivity contribution in [2.24, 2.45) is 0 Å². The first-order valence-corrected chi connectivity index (χ1v) is 4.47. The lowest BCUT2D eigenvalue weighted by atomic mass is 10.0. The monoisotopic (exact) mass is 225 g/mol. The Morgan fingerprint density at radius 3 is 2.88 bits per heavy atom. The number of hydrogen-bond acceptors (Lipinski definition) is 3. The van der Waals surface area contributed by atoms with Crippen LogP contribution in [0.15, 0.2) is 18.2 Å². The number of fused-ring (bicyclic) bond motifs is 1. The van der Waals surface area contributed by atoms with E-state index in [0.717, 1.165) is 19.1 Å². The van der Waals surface area contributed by atoms with Crippen LogP contribution in [0, 0.1) is 5.82 Å². The molecule has 0 fully saturated rings. The number of benzene rings is 1. The predicted molar refractivity (Wildman–Crippen MR) is 51.7 cm³/mol. The molecule has 0 bridgehead atoms. The SMILES string of the molecule is C[C@@]1(C(=O)O)Oc2cc(F)ccc2NC1=O. The summed E-state index contributed by atoms with van der Waals surface area (Å²) >= 11 is 0. The van der Waals surface area contributed by atoms with Crippen molar-refractivity contribution < 1.29 is 23.8 Å². The highest BCUT2D eigenvalue weighted by Crippen LogP contribution is 2.34. The lowest BCUT2D eigenvalue weighted by Crippen LogP contribution is -2.54. The largest absolute Gasteiger partial charge is 0.478 e. The maximum absolute atomic E-state index is 12.9. The van der Waals surface area contributed by atoms with Crippen molar-refractivity contribution in [3.8, 4) is 5.75 Å². The number of ether oxygens (including phenoxy) is 1. The average molecular weight is 225 g/mol. The van der Waals surface area contributed by atoms with Gasteiger partial charge in [0.25, 0.3) is 11.5 Å². The molecule has 0 radical (unpaired) electrons. The maximum Gasteiger partial charge on any atom is 0.357 e. The number of nitrogens with one attached hydrogen (secondary N) is 1. The molecule has 1 amide bonds. The van der Waals surface area contributed by atoms with Crippen molar-refractivity contribution in [2.75, 3.05) is 5.32 Å². The highest BCUT2D eigenvalue weighted by molar-refractivity contribution is 6.13. The smallest absolute Gasteiger partial charge is 0.357 e. The third-order valence-electron chi connectivity index (χ3n) is 2.35. The van der Waals surface area contributed by atoms with Crippen LogP contribution < -0.4 is 10.1 Å². The summed E-state index contributed by atoms with van der Waals surface area (Å²) in [6.45, 7) is 1.11. The normalized spacial score (nSPS) is 23.0. The summed E-state index contributed by atoms with van der Waals surface area (Å²) < 4.78 is 17.9. The quantitative estimate of drug-likeness (QED) is 0.699. The van der Waals surface area contributed by atoms with E-state index < -0.39 is 23.3 Å². The Kier molecular flexibility index (Phi) is 2.08. The molecule has 1 atom stereocenters. The van der Waals surface area contributed by atoms with Crippen LogP contribution in [0.1, 0.15) is 6.92 Å². The zero-order valence-electron chi connectivity index (χ0n) is 8.28. The standard InChI is InChI=1S/C10H8FNO4/c1-10(9(14)15)8(13)12-6-3-2-5(11)4-7(6)16-10/h2-4H,1H3,(H,12,13)(H,14,15)/t10-/m1/s1. The molecule has 6 heteroatoms. The van der Waals surface area contributed by atoms with Gasteiger partial charge in [-0.2, -0.15) is 0 Å². The summed E-state index contributed by atoms with van der Waals surface area (Å²) in [5.41, 5.74) is -1.77. The first-order valence-electron chi connectivity index (χ1n) is 4.47. The van der Waals surface area contributed by atoms with Crippen molar-refractivity contribution in [2.45, 2.75) is 12.5 Å². The highest BCUT2D eigenvalue weighted by atomic mass is 19.1. The number of rotatable bonds is 1. The zero-order chi connectivity index (χ0) is 11.9. The molecular weight excluding hydrogens is 217 g/mol. The molecule has 0 spiro atoms. The fourth-order valence-electron chi connectivity index (χ4n) is 1.33. The topological polar surface area (TPSA) is 75.6 Å². The van der Waals surface area contributed by atoms with Crippen molar-refractivity contribution >= 4 is 17.6 Å². The van der Waals surface area contributed by atoms with Crippen LogP contribution in [-0.4, -0.2) is 22.6 Å². The van der Waals surface area contributed by atoms with E-state index >= 15 is 0 Å². The van der Waals surface area contributed by atoms with Gasteiger partial charge in [-0.05, 0) is 19.1 Å². The Morgan fingerprint density at radius 1 is 1.56 bits per heavy atom. The molecule has 16 heavy (non-hydrogen) atoms. The summed E-state index contributed by atoms with van der Waals surface area (Å²) in [6.07, 6.45) is 0. The van der Waals surface area contributed by atoms with Crippen LogP contribution in [0.3, 0.4) is 0 Å². The van der Waals surface area contributed by atoms with Crippen LogP contribution >= 0.6 is 0 Å². The van der Waals surface area contributed by atoms with Gasteiger partial charge in [-0.1, -0.05) is 0 Å². The number of carbonyl (C=O) groups is 2. The van der Waals surface area contributed by atoms with E-state index in [1.54, 1.807) is 0 Å². The molecule has 0 unspecified atom stereocenters. The summed E-state index contributed by atoms with van der Waals surface area (Å²) in [5, 5.41) is 11.2. The van der Waals surface area contributed by atoms with E-state index in [1.807, 2.05) is 0 Å². The molecule has 1 aromatic carbocycles. The molecule has 1 heterocycles. The van der Waals surface area contributed by atoms with Crippen LogP contribution in [0.5, 0.6) is 5.75 Å². The van der Waals surface area contributed by atoms with E-state index in [2.05, 4.69) is 5.32 Å². The van der Waals surface area contributed by atoms with Gasteiger partial charge in [-0.15, -0.1) is 0 Å². The summed E-state index contributed by atoms with van der Waals surface area (Å²) in [5.74, 6) is -2.79. The number of amides is 1. The van der Waals surface area contributed by atoms with E-state index in [0.29, 0.717) is 0 Å². The van der Waals surface area contributed by atoms with Gasteiger partial charge in [0.05, 0.1) is 5.69 Å². The molecule has 0 saturated carbocycles. The maximum atomic E-state index is 12.9. The van der Waals surface area contributed by atoms with Crippen molar-refractivity contribution in [3.63, 3.8) is 0 Å². The number of carbonyl (C=O) groups excluding carboxylic acids is 1. The Labute approximate surface area is 89.8 Å². The number of aliphatic carboxylic acids is 1. The molecule has 2 N–H and O–H groups in total. The lowest BCUT2D eigenvalue weighted by molar-refractivity contribution is -0.159. The summed E-state index contributed by atoms with van der Waals surface area (Å²) in [6, 6.07) is 3.48. The average Bonchev–Trinajstić information content (AvgIpc) is 2.20. The van der Waals surface area contributed by atoms with E-state index in [9.17, 15) is 14.0 Å². The molecule has 2 rings (SSSR count). The molecule has 0 saturated heterocycles. The van der Waals surface area contributed by atoms with Gasteiger partial charge in [0.2, 0.25) is 0 Å². The molecule has 1 aliphatic rings. The second kappa shape index (κ2) is 3.19. The lowest BCUT2D eigenvalue weighted by Gasteiger charge is -2.30. The molecule has 84 valence electrons. The van der Waals surface area contributed by atoms with Crippen LogP contribution in [-0.2, 0) is 9.59 Å². The zero-order valence-corrected chi connectivity index (χ0v) is 8.28. The Hall–Kier alpha value is -2.11. The van der Waals surface area contributed by atoms with Gasteiger partial charge in [0.15, 0.2) is 0 Å². The van der Waals surface area contributed by atoms with Crippen molar-refractivity contribution in [1.29, 1.82) is 0 Å². The van der Waals surface area contributed by atoms with Gasteiger partial charge in [0, 0.05) is 6.07 Å². The second-order valence-corrected chi connectivity index (χ2v) is 3.54. The molecule has 1 aliphatic heterocycles. The Balaban J connectivity index is 2.48. The van der Waals surface area contributed by atoms with Crippen LogP contribution in [0.2, 0.25) is 0 Å². The highest BCUT2D eigenvalue weighted by Gasteiger charge is 2.47. The fraction of sp³-hybridized carbons (Fsp3) is 0.200. The number of anilines is 1. The van der Waals surface area contributed by atoms with Gasteiger partial charge in [-0.25, -0.2) is 9.18 Å². The number of carboxylic acid groups (broad SMARTS) is 1. The summed E-state index contributed by atoms with van der Waals surface area (Å²) in [4.78, 5) is 22.4. The Bertz CT molecular complexity index is 488. The van der Waals surface area contributed by atoms with Gasteiger partial charge in [0.1, 0.15) is 11.6 Å². The Morgan fingerprint density at radius 2 is 2.25 bits per heavy atom. The minimum atomic E-state index is -2.03. The molecule has 5 nitrogen and oxygen atoms in total. The summed E-state index contributed by atoms with van der Waals surface area (Å²) in [7, 11) is 0. The van der Waals surface area contributed by atoms with Gasteiger partial charge in [-0.3, -0.25) is 4.79 Å². The first-order chi connectivity index (χ1) is 7.43. The van der Waals surface area contributed by atoms with E-state index in [-0.39, 0.29) is 11.4 Å². The van der Waals surface area contributed by atoms with Crippen LogP contribution in [0.25, 0.3) is 0 Å². The third-order valence-corrected chi connectivity index (χ3v) is 2.35. The second-order valence-electron chi connectivity index (χ2n) is 3.54. The third kappa shape index (κ3) is 1.39. The van der Waals surface area contributed by atoms with Gasteiger partial charge < -0.3 is 15.2 Å². The molecule has 0 aliphatic carbocycles.